The number of carbonyl (C=O) groups is 4. The number of halogens is 1. The number of piperazine rings is 1. The van der Waals surface area contributed by atoms with Crippen molar-refractivity contribution in [3.05, 3.63) is 105 Å². The van der Waals surface area contributed by atoms with Crippen LogP contribution in [-0.2, 0) is 34.5 Å². The van der Waals surface area contributed by atoms with Gasteiger partial charge in [-0.25, -0.2) is 4.98 Å². The number of benzene rings is 3. The zero-order chi connectivity index (χ0) is 45.4. The first-order valence-electron chi connectivity index (χ1n) is 22.0. The number of hydrogen-bond donors (Lipinski definition) is 3. The summed E-state index contributed by atoms with van der Waals surface area (Å²) in [7, 11) is 5.33. The molecule has 0 aliphatic carbocycles. The highest BCUT2D eigenvalue weighted by Gasteiger charge is 2.39. The van der Waals surface area contributed by atoms with E-state index in [1.54, 1.807) is 24.2 Å². The predicted molar refractivity (Wildman–Crippen MR) is 249 cm³/mol. The molecule has 3 N–H and O–H groups in total. The number of hydrogen-bond acceptors (Lipinski definition) is 13. The quantitative estimate of drug-likeness (QED) is 0.153. The first-order chi connectivity index (χ1) is 31.4. The maximum Gasteiger partial charge on any atom is 0.293 e. The summed E-state index contributed by atoms with van der Waals surface area (Å²) >= 11 is 6.59. The maximum absolute atomic E-state index is 13.2. The number of nitrogens with zero attached hydrogens (tertiary/aromatic N) is 8. The van der Waals surface area contributed by atoms with E-state index in [1.807, 2.05) is 30.3 Å². The van der Waals surface area contributed by atoms with E-state index in [0.717, 1.165) is 75.3 Å². The number of imide groups is 1. The number of fused-ring (bicyclic) bond motifs is 2. The van der Waals surface area contributed by atoms with Crippen molar-refractivity contribution in [1.82, 2.24) is 35.0 Å². The second-order valence-electron chi connectivity index (χ2n) is 17.1. The van der Waals surface area contributed by atoms with Gasteiger partial charge in [-0.3, -0.25) is 34.2 Å². The van der Waals surface area contributed by atoms with Gasteiger partial charge < -0.3 is 39.5 Å². The third kappa shape index (κ3) is 9.15. The van der Waals surface area contributed by atoms with E-state index in [2.05, 4.69) is 77.9 Å². The topological polar surface area (TPSA) is 178 Å². The van der Waals surface area contributed by atoms with Gasteiger partial charge >= 0.3 is 0 Å². The Hall–Kier alpha value is -6.72. The molecule has 3 aromatic carbocycles. The van der Waals surface area contributed by atoms with E-state index in [-0.39, 0.29) is 42.1 Å². The molecule has 65 heavy (non-hydrogen) atoms. The monoisotopic (exact) mass is 901 g/mol. The van der Waals surface area contributed by atoms with Crippen LogP contribution >= 0.6 is 11.6 Å². The molecule has 3 fully saturated rings. The summed E-state index contributed by atoms with van der Waals surface area (Å²) in [5, 5.41) is 9.30. The number of ether oxygens (including phenoxy) is 1. The summed E-state index contributed by atoms with van der Waals surface area (Å²) in [6, 6.07) is 21.8. The van der Waals surface area contributed by atoms with E-state index in [0.29, 0.717) is 52.6 Å². The smallest absolute Gasteiger partial charge is 0.293 e. The second-order valence-corrected chi connectivity index (χ2v) is 17.5. The average Bonchev–Trinajstić information content (AvgIpc) is 3.65. The molecule has 1 atom stereocenters. The number of amides is 4. The number of nitrogens with one attached hydrogen (secondary N) is 3. The van der Waals surface area contributed by atoms with Crippen LogP contribution in [0, 0.1) is 0 Å². The van der Waals surface area contributed by atoms with Crippen LogP contribution in [0.4, 0.5) is 28.8 Å². The number of aryl methyl sites for hydroxylation is 1. The summed E-state index contributed by atoms with van der Waals surface area (Å²) in [4.78, 5) is 82.2. The van der Waals surface area contributed by atoms with Crippen molar-refractivity contribution >= 4 is 75.0 Å². The average molecular weight is 902 g/mol. The van der Waals surface area contributed by atoms with Gasteiger partial charge in [-0.15, -0.1) is 0 Å². The lowest BCUT2D eigenvalue weighted by Gasteiger charge is -2.38. The molecule has 0 spiro atoms. The Labute approximate surface area is 381 Å². The first kappa shape index (κ1) is 43.5. The van der Waals surface area contributed by atoms with Crippen LogP contribution in [0.1, 0.15) is 47.2 Å². The highest BCUT2D eigenvalue weighted by Crippen LogP contribution is 2.33. The fourth-order valence-electron chi connectivity index (χ4n) is 9.26. The van der Waals surface area contributed by atoms with Crippen LogP contribution in [0.3, 0.4) is 0 Å². The molecular weight excluding hydrogens is 850 g/mol. The molecule has 17 nitrogen and oxygen atoms in total. The number of aromatic nitrogens is 3. The number of piperidine rings is 2. The third-order valence-electron chi connectivity index (χ3n) is 13.1. The highest BCUT2D eigenvalue weighted by molar-refractivity contribution is 6.33. The summed E-state index contributed by atoms with van der Waals surface area (Å²) in [6.45, 7) is 6.13. The van der Waals surface area contributed by atoms with Crippen molar-refractivity contribution in [2.24, 2.45) is 7.05 Å². The highest BCUT2D eigenvalue weighted by atomic mass is 35.5. The lowest BCUT2D eigenvalue weighted by molar-refractivity contribution is -0.137. The molecule has 18 heteroatoms. The minimum absolute atomic E-state index is 0.0795. The van der Waals surface area contributed by atoms with Gasteiger partial charge in [-0.2, -0.15) is 4.98 Å². The molecule has 0 bridgehead atoms. The SMILES string of the molecule is CNC(=O)COc1cc2cc(Nc3nc(N4CCC(N(C)c5ccc(CN6CCN(c7ccc8c(c7)CN(C7CCC(=O)NC7=O)C8=O)CC6)cc5)CC4)ncc3Cl)ccc2n(C)c1=O. The molecule has 0 radical (unpaired) electrons. The van der Waals surface area contributed by atoms with E-state index in [4.69, 9.17) is 21.3 Å². The van der Waals surface area contributed by atoms with Crippen molar-refractivity contribution in [1.29, 1.82) is 0 Å². The van der Waals surface area contributed by atoms with Gasteiger partial charge in [-0.1, -0.05) is 23.7 Å². The van der Waals surface area contributed by atoms with Gasteiger partial charge in [-0.05, 0) is 85.0 Å². The maximum atomic E-state index is 13.2. The molecule has 6 heterocycles. The minimum atomic E-state index is -0.614. The molecule has 338 valence electrons. The van der Waals surface area contributed by atoms with Crippen LogP contribution in [0.25, 0.3) is 10.9 Å². The largest absolute Gasteiger partial charge is 0.478 e. The van der Waals surface area contributed by atoms with Crippen LogP contribution in [0.2, 0.25) is 5.02 Å². The van der Waals surface area contributed by atoms with Crippen LogP contribution < -0.4 is 40.9 Å². The summed E-state index contributed by atoms with van der Waals surface area (Å²) in [5.41, 5.74) is 6.17. The predicted octanol–water partition coefficient (Wildman–Crippen LogP) is 4.04. The molecule has 1 unspecified atom stereocenters. The third-order valence-corrected chi connectivity index (χ3v) is 13.4. The lowest BCUT2D eigenvalue weighted by atomic mass is 10.0. The Morgan fingerprint density at radius 1 is 0.923 bits per heavy atom. The van der Waals surface area contributed by atoms with Gasteiger partial charge in [0.25, 0.3) is 17.4 Å². The first-order valence-corrected chi connectivity index (χ1v) is 22.4. The number of anilines is 5. The Kier molecular flexibility index (Phi) is 12.3. The molecule has 4 aliphatic heterocycles. The molecule has 4 amide bonds. The Morgan fingerprint density at radius 2 is 1.69 bits per heavy atom. The van der Waals surface area contributed by atoms with Gasteiger partial charge in [0, 0.05) is 114 Å². The fourth-order valence-corrected chi connectivity index (χ4v) is 9.40. The molecular formula is C47H52ClN11O6. The van der Waals surface area contributed by atoms with Crippen molar-refractivity contribution < 1.29 is 23.9 Å². The standard InChI is InChI=1S/C47H52ClN11O6/c1-49-42(61)28-65-40-24-30-22-32(6-11-38(30)55(3)46(40)64)51-43-37(48)25-50-47(53-43)58-16-14-34(15-17-58)54(2)33-7-4-29(5-8-33)26-56-18-20-57(21-19-56)35-9-10-36-31(23-35)27-59(45(36)63)39-12-13-41(60)52-44(39)62/h4-11,22-25,34,39H,12-21,26-28H2,1-3H3,(H,49,61)(H,50,51,53)(H,52,60,62). The molecule has 0 saturated carbocycles. The van der Waals surface area contributed by atoms with E-state index < -0.39 is 11.9 Å². The minimum Gasteiger partial charge on any atom is -0.478 e. The van der Waals surface area contributed by atoms with Gasteiger partial charge in [0.15, 0.2) is 18.2 Å². The lowest BCUT2D eigenvalue weighted by Crippen LogP contribution is -2.52. The van der Waals surface area contributed by atoms with Crippen molar-refractivity contribution in [3.63, 3.8) is 0 Å². The summed E-state index contributed by atoms with van der Waals surface area (Å²) in [5.74, 6) is -0.0180. The Bertz CT molecular complexity index is 2710. The number of rotatable bonds is 12. The second kappa shape index (κ2) is 18.4. The zero-order valence-electron chi connectivity index (χ0n) is 36.7. The Balaban J connectivity index is 0.754. The number of carbonyl (C=O) groups excluding carboxylic acids is 4. The zero-order valence-corrected chi connectivity index (χ0v) is 37.4. The van der Waals surface area contributed by atoms with Crippen molar-refractivity contribution in [2.75, 3.05) is 80.0 Å². The van der Waals surface area contributed by atoms with Gasteiger partial charge in [0.1, 0.15) is 11.1 Å². The van der Waals surface area contributed by atoms with Crippen LogP contribution in [0.15, 0.2) is 77.7 Å². The molecule has 4 aliphatic rings. The van der Waals surface area contributed by atoms with Gasteiger partial charge in [0.05, 0.1) is 11.7 Å². The normalized spacial score (nSPS) is 18.2. The van der Waals surface area contributed by atoms with E-state index in [9.17, 15) is 24.0 Å². The Morgan fingerprint density at radius 3 is 2.43 bits per heavy atom. The number of likely N-dealkylation sites (N-methyl/N-ethyl adjacent to an activating group) is 1. The van der Waals surface area contributed by atoms with Crippen molar-refractivity contribution in [3.8, 4) is 5.75 Å². The van der Waals surface area contributed by atoms with Crippen LogP contribution in [0.5, 0.6) is 5.75 Å². The summed E-state index contributed by atoms with van der Waals surface area (Å²) in [6.07, 6.45) is 4.08. The molecule has 2 aromatic heterocycles. The van der Waals surface area contributed by atoms with Gasteiger partial charge in [0.2, 0.25) is 17.8 Å². The fraction of sp³-hybridized carbons (Fsp3) is 0.383. The van der Waals surface area contributed by atoms with E-state index in [1.165, 1.54) is 22.9 Å². The van der Waals surface area contributed by atoms with Crippen molar-refractivity contribution in [2.45, 2.75) is 50.9 Å². The van der Waals surface area contributed by atoms with E-state index >= 15 is 0 Å². The molecule has 3 saturated heterocycles. The van der Waals surface area contributed by atoms with Crippen LogP contribution in [-0.4, -0.2) is 120 Å². The molecule has 5 aromatic rings. The number of pyridine rings is 1. The summed E-state index contributed by atoms with van der Waals surface area (Å²) < 4.78 is 7.01. The molecule has 9 rings (SSSR count).